The molecule has 2 aliphatic heterocycles. The van der Waals surface area contributed by atoms with E-state index in [-0.39, 0.29) is 11.5 Å². The molecule has 1 amide bonds. The highest BCUT2D eigenvalue weighted by Crippen LogP contribution is 2.42. The number of fused-ring (bicyclic) bond motifs is 2. The molecule has 0 aromatic heterocycles. The Bertz CT molecular complexity index is 876. The third-order valence-electron chi connectivity index (χ3n) is 5.29. The second kappa shape index (κ2) is 5.62. The van der Waals surface area contributed by atoms with E-state index in [1.807, 2.05) is 37.3 Å². The minimum Gasteiger partial charge on any atom is -0.493 e. The Morgan fingerprint density at radius 1 is 1.20 bits per heavy atom. The van der Waals surface area contributed by atoms with E-state index < -0.39 is 11.4 Å². The van der Waals surface area contributed by atoms with Crippen LogP contribution in [0.4, 0.5) is 5.69 Å². The van der Waals surface area contributed by atoms with Crippen LogP contribution in [0.3, 0.4) is 0 Å². The molecular formula is C20H19NO4. The third-order valence-corrected chi connectivity index (χ3v) is 5.29. The molecule has 2 aliphatic rings. The van der Waals surface area contributed by atoms with Gasteiger partial charge in [-0.2, -0.15) is 0 Å². The van der Waals surface area contributed by atoms with E-state index in [4.69, 9.17) is 4.74 Å². The summed E-state index contributed by atoms with van der Waals surface area (Å²) in [6, 6.07) is 12.7. The van der Waals surface area contributed by atoms with Crippen molar-refractivity contribution in [3.8, 4) is 5.75 Å². The average molecular weight is 337 g/mol. The van der Waals surface area contributed by atoms with Crippen molar-refractivity contribution in [1.82, 2.24) is 0 Å². The van der Waals surface area contributed by atoms with Gasteiger partial charge >= 0.3 is 5.97 Å². The molecule has 1 unspecified atom stereocenters. The van der Waals surface area contributed by atoms with Crippen LogP contribution in [0.25, 0.3) is 0 Å². The van der Waals surface area contributed by atoms with Crippen molar-refractivity contribution in [2.45, 2.75) is 25.2 Å². The maximum absolute atomic E-state index is 13.5. The van der Waals surface area contributed by atoms with Gasteiger partial charge in [-0.05, 0) is 43.5 Å². The predicted octanol–water partition coefficient (Wildman–Crippen LogP) is 3.01. The minimum absolute atomic E-state index is 0.00420. The summed E-state index contributed by atoms with van der Waals surface area (Å²) >= 11 is 0. The van der Waals surface area contributed by atoms with Crippen LogP contribution < -0.4 is 9.64 Å². The Kier molecular flexibility index (Phi) is 3.53. The number of carbonyl (C=O) groups is 2. The topological polar surface area (TPSA) is 66.8 Å². The molecule has 0 radical (unpaired) electrons. The number of carboxylic acids is 1. The van der Waals surface area contributed by atoms with Gasteiger partial charge in [0.25, 0.3) is 0 Å². The van der Waals surface area contributed by atoms with Crippen LogP contribution >= 0.6 is 0 Å². The molecule has 0 fully saturated rings. The highest BCUT2D eigenvalue weighted by molar-refractivity contribution is 6.04. The fraction of sp³-hybridized carbons (Fsp3) is 0.300. The number of aromatic carboxylic acids is 1. The van der Waals surface area contributed by atoms with Crippen molar-refractivity contribution in [3.63, 3.8) is 0 Å². The first kappa shape index (κ1) is 15.7. The number of anilines is 1. The van der Waals surface area contributed by atoms with Crippen molar-refractivity contribution in [1.29, 1.82) is 0 Å². The van der Waals surface area contributed by atoms with Crippen LogP contribution in [0.15, 0.2) is 42.5 Å². The zero-order chi connectivity index (χ0) is 17.6. The number of hydrogen-bond acceptors (Lipinski definition) is 3. The molecule has 2 heterocycles. The molecule has 5 nitrogen and oxygen atoms in total. The highest BCUT2D eigenvalue weighted by Gasteiger charge is 2.44. The summed E-state index contributed by atoms with van der Waals surface area (Å²) in [6.07, 6.45) is 1.35. The monoisotopic (exact) mass is 337 g/mol. The Labute approximate surface area is 145 Å². The summed E-state index contributed by atoms with van der Waals surface area (Å²) in [5.74, 6) is -0.224. The molecule has 0 saturated carbocycles. The molecule has 1 N–H and O–H groups in total. The summed E-state index contributed by atoms with van der Waals surface area (Å²) in [4.78, 5) is 26.5. The van der Waals surface area contributed by atoms with E-state index in [9.17, 15) is 14.7 Å². The normalized spacial score (nSPS) is 21.2. The summed E-state index contributed by atoms with van der Waals surface area (Å²) in [6.45, 7) is 3.03. The van der Waals surface area contributed by atoms with E-state index in [1.165, 1.54) is 0 Å². The standard InChI is InChI=1S/C20H19NO4/c1-20(9-11-25-17-5-3-2-4-15(17)20)19(24)21-10-8-13-6-7-14(18(22)23)12-16(13)21/h2-7,12H,8-11H2,1H3,(H,22,23). The van der Waals surface area contributed by atoms with Crippen molar-refractivity contribution in [2.24, 2.45) is 0 Å². The van der Waals surface area contributed by atoms with Crippen LogP contribution in [-0.2, 0) is 16.6 Å². The van der Waals surface area contributed by atoms with Crippen LogP contribution in [-0.4, -0.2) is 30.1 Å². The molecule has 25 heavy (non-hydrogen) atoms. The van der Waals surface area contributed by atoms with Gasteiger partial charge < -0.3 is 14.7 Å². The maximum Gasteiger partial charge on any atom is 0.335 e. The van der Waals surface area contributed by atoms with Crippen LogP contribution in [0, 0.1) is 0 Å². The van der Waals surface area contributed by atoms with E-state index in [2.05, 4.69) is 0 Å². The number of ether oxygens (including phenoxy) is 1. The smallest absolute Gasteiger partial charge is 0.335 e. The Hall–Kier alpha value is -2.82. The first-order valence-corrected chi connectivity index (χ1v) is 8.41. The highest BCUT2D eigenvalue weighted by atomic mass is 16.5. The lowest BCUT2D eigenvalue weighted by Crippen LogP contribution is -2.47. The van der Waals surface area contributed by atoms with Crippen molar-refractivity contribution < 1.29 is 19.4 Å². The number of benzene rings is 2. The van der Waals surface area contributed by atoms with Crippen LogP contribution in [0.1, 0.15) is 34.8 Å². The molecule has 128 valence electrons. The van der Waals surface area contributed by atoms with E-state index >= 15 is 0 Å². The van der Waals surface area contributed by atoms with Gasteiger partial charge in [0.05, 0.1) is 17.6 Å². The lowest BCUT2D eigenvalue weighted by atomic mass is 9.76. The second-order valence-corrected chi connectivity index (χ2v) is 6.78. The average Bonchev–Trinajstić information content (AvgIpc) is 3.04. The summed E-state index contributed by atoms with van der Waals surface area (Å²) < 4.78 is 5.70. The molecular weight excluding hydrogens is 318 g/mol. The van der Waals surface area contributed by atoms with Gasteiger partial charge in [0.15, 0.2) is 0 Å². The van der Waals surface area contributed by atoms with Gasteiger partial charge in [0.2, 0.25) is 5.91 Å². The van der Waals surface area contributed by atoms with Crippen LogP contribution in [0.2, 0.25) is 0 Å². The van der Waals surface area contributed by atoms with Crippen molar-refractivity contribution in [2.75, 3.05) is 18.1 Å². The molecule has 4 rings (SSSR count). The van der Waals surface area contributed by atoms with E-state index in [1.54, 1.807) is 17.0 Å². The predicted molar refractivity (Wildman–Crippen MR) is 93.4 cm³/mol. The lowest BCUT2D eigenvalue weighted by molar-refractivity contribution is -0.124. The molecule has 1 atom stereocenters. The van der Waals surface area contributed by atoms with Crippen molar-refractivity contribution in [3.05, 3.63) is 59.2 Å². The summed E-state index contributed by atoms with van der Waals surface area (Å²) in [5, 5.41) is 9.25. The second-order valence-electron chi connectivity index (χ2n) is 6.78. The summed E-state index contributed by atoms with van der Waals surface area (Å²) in [5.41, 5.74) is 2.16. The number of nitrogens with zero attached hydrogens (tertiary/aromatic N) is 1. The molecule has 0 spiro atoms. The fourth-order valence-electron chi connectivity index (χ4n) is 3.79. The third kappa shape index (κ3) is 2.38. The number of carbonyl (C=O) groups excluding carboxylic acids is 1. The van der Waals surface area contributed by atoms with Gasteiger partial charge in [-0.25, -0.2) is 4.79 Å². The van der Waals surface area contributed by atoms with Gasteiger partial charge in [0, 0.05) is 17.8 Å². The largest absolute Gasteiger partial charge is 0.493 e. The minimum atomic E-state index is -0.982. The Balaban J connectivity index is 1.75. The first-order chi connectivity index (χ1) is 12.0. The lowest BCUT2D eigenvalue weighted by Gasteiger charge is -2.37. The number of hydrogen-bond donors (Lipinski definition) is 1. The molecule has 2 aromatic carbocycles. The molecule has 0 saturated heterocycles. The van der Waals surface area contributed by atoms with Crippen LogP contribution in [0.5, 0.6) is 5.75 Å². The quantitative estimate of drug-likeness (QED) is 0.915. The molecule has 0 aliphatic carbocycles. The van der Waals surface area contributed by atoms with E-state index in [0.717, 1.165) is 29.0 Å². The van der Waals surface area contributed by atoms with Gasteiger partial charge in [-0.1, -0.05) is 24.3 Å². The summed E-state index contributed by atoms with van der Waals surface area (Å²) in [7, 11) is 0. The SMILES string of the molecule is CC1(C(=O)N2CCc3ccc(C(=O)O)cc32)CCOc2ccccc21. The van der Waals surface area contributed by atoms with Crippen molar-refractivity contribution >= 4 is 17.6 Å². The zero-order valence-corrected chi connectivity index (χ0v) is 14.0. The maximum atomic E-state index is 13.5. The van der Waals surface area contributed by atoms with Gasteiger partial charge in [-0.15, -0.1) is 0 Å². The van der Waals surface area contributed by atoms with Gasteiger partial charge in [-0.3, -0.25) is 4.79 Å². The first-order valence-electron chi connectivity index (χ1n) is 8.41. The number of carboxylic acid groups (broad SMARTS) is 1. The molecule has 2 aromatic rings. The Morgan fingerprint density at radius 2 is 2.00 bits per heavy atom. The number of amides is 1. The molecule has 5 heteroatoms. The van der Waals surface area contributed by atoms with Gasteiger partial charge in [0.1, 0.15) is 5.75 Å². The van der Waals surface area contributed by atoms with E-state index in [0.29, 0.717) is 19.6 Å². The fourth-order valence-corrected chi connectivity index (χ4v) is 3.79. The Morgan fingerprint density at radius 3 is 2.80 bits per heavy atom. The molecule has 0 bridgehead atoms. The number of para-hydroxylation sites is 1. The number of rotatable bonds is 2. The zero-order valence-electron chi connectivity index (χ0n) is 14.0.